The summed E-state index contributed by atoms with van der Waals surface area (Å²) in [5.41, 5.74) is 0.426. The van der Waals surface area contributed by atoms with Crippen LogP contribution in [0.15, 0.2) is 18.2 Å². The average molecular weight is 230 g/mol. The number of benzene rings is 1. The van der Waals surface area contributed by atoms with Crippen molar-refractivity contribution in [1.29, 1.82) is 0 Å². The molecule has 0 atom stereocenters. The lowest BCUT2D eigenvalue weighted by molar-refractivity contribution is 0.0988. The Labute approximate surface area is 93.4 Å². The highest BCUT2D eigenvalue weighted by Crippen LogP contribution is 2.16. The van der Waals surface area contributed by atoms with E-state index >= 15 is 0 Å². The van der Waals surface area contributed by atoms with Gasteiger partial charge < -0.3 is 5.32 Å². The molecule has 0 heterocycles. The lowest BCUT2D eigenvalue weighted by Gasteiger charge is -2.07. The first kappa shape index (κ1) is 12.1. The Balaban J connectivity index is 2.70. The highest BCUT2D eigenvalue weighted by Gasteiger charge is 2.08. The van der Waals surface area contributed by atoms with Crippen LogP contribution in [0.25, 0.3) is 0 Å². The van der Waals surface area contributed by atoms with Crippen molar-refractivity contribution in [2.75, 3.05) is 6.54 Å². The van der Waals surface area contributed by atoms with E-state index < -0.39 is 5.82 Å². The van der Waals surface area contributed by atoms with Gasteiger partial charge >= 0.3 is 0 Å². The highest BCUT2D eigenvalue weighted by molar-refractivity contribution is 6.31. The molecule has 0 saturated heterocycles. The van der Waals surface area contributed by atoms with Crippen LogP contribution in [-0.2, 0) is 0 Å². The molecule has 2 nitrogen and oxygen atoms in total. The molecule has 0 unspecified atom stereocenters. The number of carbonyl (C=O) groups excluding carboxylic acids is 1. The van der Waals surface area contributed by atoms with Gasteiger partial charge in [0.1, 0.15) is 5.82 Å². The van der Waals surface area contributed by atoms with E-state index in [0.717, 1.165) is 0 Å². The van der Waals surface area contributed by atoms with Gasteiger partial charge in [-0.3, -0.25) is 4.79 Å². The molecule has 0 amide bonds. The van der Waals surface area contributed by atoms with E-state index in [0.29, 0.717) is 5.56 Å². The second-order valence-corrected chi connectivity index (χ2v) is 3.99. The molecule has 1 aromatic carbocycles. The molecule has 0 aromatic heterocycles. The minimum Gasteiger partial charge on any atom is -0.307 e. The van der Waals surface area contributed by atoms with Crippen molar-refractivity contribution in [3.8, 4) is 0 Å². The summed E-state index contributed by atoms with van der Waals surface area (Å²) in [4.78, 5) is 11.6. The molecule has 1 rings (SSSR count). The van der Waals surface area contributed by atoms with Crippen LogP contribution >= 0.6 is 11.6 Å². The Morgan fingerprint density at radius 3 is 2.73 bits per heavy atom. The first-order valence-corrected chi connectivity index (χ1v) is 5.10. The molecule has 0 aliphatic heterocycles. The zero-order valence-corrected chi connectivity index (χ0v) is 9.44. The number of hydrogen-bond acceptors (Lipinski definition) is 2. The standard InChI is InChI=1S/C11H13ClFNO/c1-7(2)14-6-11(15)8-3-4-10(13)9(12)5-8/h3-5,7,14H,6H2,1-2H3. The van der Waals surface area contributed by atoms with Crippen molar-refractivity contribution in [2.24, 2.45) is 0 Å². The molecule has 0 saturated carbocycles. The summed E-state index contributed by atoms with van der Waals surface area (Å²) in [6, 6.07) is 4.22. The van der Waals surface area contributed by atoms with Crippen LogP contribution in [0.4, 0.5) is 4.39 Å². The third-order valence-electron chi connectivity index (χ3n) is 1.91. The molecular formula is C11H13ClFNO. The Bertz CT molecular complexity index is 366. The maximum Gasteiger partial charge on any atom is 0.176 e. The molecule has 82 valence electrons. The second kappa shape index (κ2) is 5.24. The average Bonchev–Trinajstić information content (AvgIpc) is 2.18. The molecule has 4 heteroatoms. The topological polar surface area (TPSA) is 29.1 Å². The Morgan fingerprint density at radius 1 is 1.53 bits per heavy atom. The zero-order chi connectivity index (χ0) is 11.4. The number of rotatable bonds is 4. The van der Waals surface area contributed by atoms with Gasteiger partial charge in [0.25, 0.3) is 0 Å². The number of carbonyl (C=O) groups is 1. The second-order valence-electron chi connectivity index (χ2n) is 3.59. The van der Waals surface area contributed by atoms with Gasteiger partial charge in [0.15, 0.2) is 5.78 Å². The number of hydrogen-bond donors (Lipinski definition) is 1. The molecule has 0 spiro atoms. The van der Waals surface area contributed by atoms with E-state index in [4.69, 9.17) is 11.6 Å². The lowest BCUT2D eigenvalue weighted by Crippen LogP contribution is -2.29. The van der Waals surface area contributed by atoms with Crippen LogP contribution in [0.3, 0.4) is 0 Å². The van der Waals surface area contributed by atoms with E-state index in [-0.39, 0.29) is 23.4 Å². The Hall–Kier alpha value is -0.930. The lowest BCUT2D eigenvalue weighted by atomic mass is 10.1. The molecule has 0 fully saturated rings. The van der Waals surface area contributed by atoms with Crippen LogP contribution in [0.5, 0.6) is 0 Å². The first-order valence-electron chi connectivity index (χ1n) is 4.72. The van der Waals surface area contributed by atoms with Gasteiger partial charge in [-0.1, -0.05) is 25.4 Å². The van der Waals surface area contributed by atoms with Crippen molar-refractivity contribution in [3.63, 3.8) is 0 Å². The summed E-state index contributed by atoms with van der Waals surface area (Å²) in [7, 11) is 0. The molecule has 0 aliphatic rings. The minimum absolute atomic E-state index is 0.0228. The normalized spacial score (nSPS) is 10.7. The largest absolute Gasteiger partial charge is 0.307 e. The fourth-order valence-electron chi connectivity index (χ4n) is 1.07. The van der Waals surface area contributed by atoms with Gasteiger partial charge in [-0.05, 0) is 18.2 Å². The van der Waals surface area contributed by atoms with E-state index in [1.165, 1.54) is 18.2 Å². The van der Waals surface area contributed by atoms with Gasteiger partial charge in [-0.2, -0.15) is 0 Å². The summed E-state index contributed by atoms with van der Waals surface area (Å²) in [6.07, 6.45) is 0. The summed E-state index contributed by atoms with van der Waals surface area (Å²) < 4.78 is 12.8. The number of ketones is 1. The Morgan fingerprint density at radius 2 is 2.20 bits per heavy atom. The summed E-state index contributed by atoms with van der Waals surface area (Å²) in [6.45, 7) is 4.13. The summed E-state index contributed by atoms with van der Waals surface area (Å²) in [5, 5.41) is 2.97. The van der Waals surface area contributed by atoms with Crippen LogP contribution in [0.2, 0.25) is 5.02 Å². The maximum atomic E-state index is 12.8. The monoisotopic (exact) mass is 229 g/mol. The van der Waals surface area contributed by atoms with Gasteiger partial charge in [-0.25, -0.2) is 4.39 Å². The molecule has 15 heavy (non-hydrogen) atoms. The predicted molar refractivity (Wildman–Crippen MR) is 58.9 cm³/mol. The van der Waals surface area contributed by atoms with Crippen LogP contribution in [-0.4, -0.2) is 18.4 Å². The van der Waals surface area contributed by atoms with E-state index in [1.807, 2.05) is 13.8 Å². The minimum atomic E-state index is -0.509. The molecule has 0 radical (unpaired) electrons. The highest BCUT2D eigenvalue weighted by atomic mass is 35.5. The van der Waals surface area contributed by atoms with Gasteiger partial charge in [-0.15, -0.1) is 0 Å². The van der Waals surface area contributed by atoms with Crippen LogP contribution in [0.1, 0.15) is 24.2 Å². The number of Topliss-reactive ketones (excluding diaryl/α,β-unsaturated/α-hetero) is 1. The van der Waals surface area contributed by atoms with Crippen LogP contribution < -0.4 is 5.32 Å². The molecule has 1 N–H and O–H groups in total. The zero-order valence-electron chi connectivity index (χ0n) is 8.68. The maximum absolute atomic E-state index is 12.8. The van der Waals surface area contributed by atoms with Crippen molar-refractivity contribution >= 4 is 17.4 Å². The predicted octanol–water partition coefficient (Wildman–Crippen LogP) is 2.66. The van der Waals surface area contributed by atoms with Crippen molar-refractivity contribution < 1.29 is 9.18 Å². The van der Waals surface area contributed by atoms with Gasteiger partial charge in [0, 0.05) is 11.6 Å². The third-order valence-corrected chi connectivity index (χ3v) is 2.20. The van der Waals surface area contributed by atoms with Gasteiger partial charge in [0.2, 0.25) is 0 Å². The van der Waals surface area contributed by atoms with E-state index in [1.54, 1.807) is 0 Å². The summed E-state index contributed by atoms with van der Waals surface area (Å²) >= 11 is 5.57. The van der Waals surface area contributed by atoms with E-state index in [2.05, 4.69) is 5.32 Å². The fourth-order valence-corrected chi connectivity index (χ4v) is 1.25. The quantitative estimate of drug-likeness (QED) is 0.805. The fraction of sp³-hybridized carbons (Fsp3) is 0.364. The summed E-state index contributed by atoms with van der Waals surface area (Å²) in [5.74, 6) is -0.601. The van der Waals surface area contributed by atoms with Crippen molar-refractivity contribution in [1.82, 2.24) is 5.32 Å². The van der Waals surface area contributed by atoms with E-state index in [9.17, 15) is 9.18 Å². The molecule has 0 aliphatic carbocycles. The smallest absolute Gasteiger partial charge is 0.176 e. The number of nitrogens with one attached hydrogen (secondary N) is 1. The van der Waals surface area contributed by atoms with Crippen LogP contribution in [0, 0.1) is 5.82 Å². The third kappa shape index (κ3) is 3.61. The van der Waals surface area contributed by atoms with Crippen molar-refractivity contribution in [3.05, 3.63) is 34.6 Å². The number of halogens is 2. The molecule has 1 aromatic rings. The molecule has 0 bridgehead atoms. The SMILES string of the molecule is CC(C)NCC(=O)c1ccc(F)c(Cl)c1. The van der Waals surface area contributed by atoms with Gasteiger partial charge in [0.05, 0.1) is 11.6 Å². The first-order chi connectivity index (χ1) is 7.00. The Kier molecular flexibility index (Phi) is 4.24. The van der Waals surface area contributed by atoms with Crippen molar-refractivity contribution in [2.45, 2.75) is 19.9 Å². The molecular weight excluding hydrogens is 217 g/mol.